The summed E-state index contributed by atoms with van der Waals surface area (Å²) in [4.78, 5) is 10.9. The first-order valence-corrected chi connectivity index (χ1v) is 5.73. The summed E-state index contributed by atoms with van der Waals surface area (Å²) in [6.45, 7) is 2.01. The SMILES string of the molecule is CCCc1cc(C(=O)O)nn1-c1cccc(O)c1. The first kappa shape index (κ1) is 12.2. The zero-order valence-electron chi connectivity index (χ0n) is 10.00. The Bertz CT molecular complexity index is 575. The van der Waals surface area contributed by atoms with Crippen molar-refractivity contribution in [1.82, 2.24) is 9.78 Å². The number of nitrogens with zero attached hydrogens (tertiary/aromatic N) is 2. The van der Waals surface area contributed by atoms with Crippen LogP contribution in [0, 0.1) is 0 Å². The van der Waals surface area contributed by atoms with Crippen LogP contribution >= 0.6 is 0 Å². The Balaban J connectivity index is 2.51. The van der Waals surface area contributed by atoms with Gasteiger partial charge < -0.3 is 10.2 Å². The van der Waals surface area contributed by atoms with Crippen LogP contribution < -0.4 is 0 Å². The van der Waals surface area contributed by atoms with Gasteiger partial charge in [-0.15, -0.1) is 0 Å². The van der Waals surface area contributed by atoms with Crippen molar-refractivity contribution in [3.8, 4) is 11.4 Å². The molecule has 1 aromatic carbocycles. The molecule has 0 aliphatic heterocycles. The largest absolute Gasteiger partial charge is 0.508 e. The molecule has 2 N–H and O–H groups in total. The van der Waals surface area contributed by atoms with Gasteiger partial charge in [0.15, 0.2) is 5.69 Å². The minimum atomic E-state index is -1.05. The Morgan fingerprint density at radius 2 is 2.17 bits per heavy atom. The third kappa shape index (κ3) is 2.34. The fraction of sp³-hybridized carbons (Fsp3) is 0.231. The zero-order valence-corrected chi connectivity index (χ0v) is 10.00. The summed E-state index contributed by atoms with van der Waals surface area (Å²) >= 11 is 0. The lowest BCUT2D eigenvalue weighted by atomic mass is 10.2. The number of aromatic nitrogens is 2. The van der Waals surface area contributed by atoms with Gasteiger partial charge in [0.05, 0.1) is 5.69 Å². The molecular weight excluding hydrogens is 232 g/mol. The van der Waals surface area contributed by atoms with Crippen LogP contribution in [0.25, 0.3) is 5.69 Å². The Morgan fingerprint density at radius 1 is 1.39 bits per heavy atom. The Labute approximate surface area is 104 Å². The molecule has 18 heavy (non-hydrogen) atoms. The average molecular weight is 246 g/mol. The molecule has 5 heteroatoms. The van der Waals surface area contributed by atoms with E-state index < -0.39 is 5.97 Å². The van der Waals surface area contributed by atoms with Gasteiger partial charge in [-0.3, -0.25) is 0 Å². The van der Waals surface area contributed by atoms with Crippen LogP contribution in [-0.2, 0) is 6.42 Å². The minimum Gasteiger partial charge on any atom is -0.508 e. The van der Waals surface area contributed by atoms with E-state index >= 15 is 0 Å². The third-order valence-electron chi connectivity index (χ3n) is 2.58. The molecule has 0 saturated carbocycles. The highest BCUT2D eigenvalue weighted by atomic mass is 16.4. The predicted molar refractivity (Wildman–Crippen MR) is 66.2 cm³/mol. The fourth-order valence-corrected chi connectivity index (χ4v) is 1.81. The Morgan fingerprint density at radius 3 is 2.78 bits per heavy atom. The second-order valence-corrected chi connectivity index (χ2v) is 4.01. The van der Waals surface area contributed by atoms with Crippen molar-refractivity contribution in [2.75, 3.05) is 0 Å². The molecule has 0 unspecified atom stereocenters. The fourth-order valence-electron chi connectivity index (χ4n) is 1.81. The average Bonchev–Trinajstić information content (AvgIpc) is 2.74. The van der Waals surface area contributed by atoms with E-state index in [9.17, 15) is 9.90 Å². The molecule has 0 saturated heterocycles. The number of hydrogen-bond acceptors (Lipinski definition) is 3. The Hall–Kier alpha value is -2.30. The summed E-state index contributed by atoms with van der Waals surface area (Å²) < 4.78 is 1.56. The van der Waals surface area contributed by atoms with E-state index in [4.69, 9.17) is 5.11 Å². The van der Waals surface area contributed by atoms with Gasteiger partial charge in [0.1, 0.15) is 5.75 Å². The maximum Gasteiger partial charge on any atom is 0.356 e. The van der Waals surface area contributed by atoms with E-state index in [-0.39, 0.29) is 11.4 Å². The number of hydrogen-bond donors (Lipinski definition) is 2. The molecule has 0 fully saturated rings. The highest BCUT2D eigenvalue weighted by Gasteiger charge is 2.13. The molecule has 1 heterocycles. The second-order valence-electron chi connectivity index (χ2n) is 4.01. The number of benzene rings is 1. The first-order valence-electron chi connectivity index (χ1n) is 5.73. The number of phenolic OH excluding ortho intramolecular Hbond substituents is 1. The van der Waals surface area contributed by atoms with Crippen LogP contribution in [0.1, 0.15) is 29.5 Å². The number of aromatic carboxylic acids is 1. The van der Waals surface area contributed by atoms with Crippen LogP contribution in [0.15, 0.2) is 30.3 Å². The van der Waals surface area contributed by atoms with Crippen molar-refractivity contribution in [3.05, 3.63) is 41.7 Å². The molecule has 0 aliphatic rings. The molecule has 94 valence electrons. The van der Waals surface area contributed by atoms with Crippen LogP contribution in [0.5, 0.6) is 5.75 Å². The maximum atomic E-state index is 10.9. The number of phenols is 1. The standard InChI is InChI=1S/C13H14N2O3/c1-2-4-9-8-12(13(17)18)14-15(9)10-5-3-6-11(16)7-10/h3,5-8,16H,2,4H2,1H3,(H,17,18). The topological polar surface area (TPSA) is 75.3 Å². The quantitative estimate of drug-likeness (QED) is 0.867. The van der Waals surface area contributed by atoms with Gasteiger partial charge in [-0.25, -0.2) is 9.48 Å². The number of carboxylic acid groups (broad SMARTS) is 1. The van der Waals surface area contributed by atoms with Gasteiger partial charge in [0.25, 0.3) is 0 Å². The summed E-state index contributed by atoms with van der Waals surface area (Å²) in [5.74, 6) is -0.923. The van der Waals surface area contributed by atoms with Crippen molar-refractivity contribution in [1.29, 1.82) is 0 Å². The van der Waals surface area contributed by atoms with Crippen molar-refractivity contribution < 1.29 is 15.0 Å². The molecule has 0 atom stereocenters. The zero-order chi connectivity index (χ0) is 13.1. The summed E-state index contributed by atoms with van der Waals surface area (Å²) in [7, 11) is 0. The van der Waals surface area contributed by atoms with E-state index in [2.05, 4.69) is 5.10 Å². The molecule has 0 amide bonds. The van der Waals surface area contributed by atoms with Gasteiger partial charge in [0, 0.05) is 11.8 Å². The van der Waals surface area contributed by atoms with Gasteiger partial charge in [-0.2, -0.15) is 5.10 Å². The van der Waals surface area contributed by atoms with Crippen molar-refractivity contribution in [2.45, 2.75) is 19.8 Å². The van der Waals surface area contributed by atoms with Gasteiger partial charge in [-0.1, -0.05) is 19.4 Å². The number of carbonyl (C=O) groups is 1. The molecule has 2 aromatic rings. The van der Waals surface area contributed by atoms with E-state index in [1.807, 2.05) is 6.92 Å². The van der Waals surface area contributed by atoms with Crippen LogP contribution in [0.2, 0.25) is 0 Å². The van der Waals surface area contributed by atoms with Crippen molar-refractivity contribution in [3.63, 3.8) is 0 Å². The Kier molecular flexibility index (Phi) is 3.32. The van der Waals surface area contributed by atoms with Gasteiger partial charge in [-0.05, 0) is 24.6 Å². The molecule has 0 aliphatic carbocycles. The van der Waals surface area contributed by atoms with Crippen LogP contribution in [0.3, 0.4) is 0 Å². The highest BCUT2D eigenvalue weighted by Crippen LogP contribution is 2.18. The van der Waals surface area contributed by atoms with Crippen molar-refractivity contribution in [2.24, 2.45) is 0 Å². The summed E-state index contributed by atoms with van der Waals surface area (Å²) in [6.07, 6.45) is 1.62. The lowest BCUT2D eigenvalue weighted by Gasteiger charge is -2.06. The molecule has 0 radical (unpaired) electrons. The third-order valence-corrected chi connectivity index (χ3v) is 2.58. The summed E-state index contributed by atoms with van der Waals surface area (Å²) in [5.41, 5.74) is 1.49. The summed E-state index contributed by atoms with van der Waals surface area (Å²) in [5, 5.41) is 22.5. The number of carboxylic acids is 1. The first-order chi connectivity index (χ1) is 8.61. The molecule has 5 nitrogen and oxygen atoms in total. The minimum absolute atomic E-state index is 0.0155. The number of aryl methyl sites for hydroxylation is 1. The lowest BCUT2D eigenvalue weighted by molar-refractivity contribution is 0.0690. The van der Waals surface area contributed by atoms with E-state index in [0.717, 1.165) is 18.5 Å². The smallest absolute Gasteiger partial charge is 0.356 e. The number of rotatable bonds is 4. The number of aromatic hydroxyl groups is 1. The maximum absolute atomic E-state index is 10.9. The second kappa shape index (κ2) is 4.91. The van der Waals surface area contributed by atoms with E-state index in [0.29, 0.717) is 5.69 Å². The normalized spacial score (nSPS) is 10.5. The molecule has 0 spiro atoms. The van der Waals surface area contributed by atoms with E-state index in [1.54, 1.807) is 35.0 Å². The van der Waals surface area contributed by atoms with Crippen LogP contribution in [0.4, 0.5) is 0 Å². The molecule has 1 aromatic heterocycles. The van der Waals surface area contributed by atoms with Gasteiger partial charge >= 0.3 is 5.97 Å². The molecule has 0 bridgehead atoms. The van der Waals surface area contributed by atoms with Crippen molar-refractivity contribution >= 4 is 5.97 Å². The van der Waals surface area contributed by atoms with E-state index in [1.165, 1.54) is 0 Å². The highest BCUT2D eigenvalue weighted by molar-refractivity contribution is 5.85. The van der Waals surface area contributed by atoms with Gasteiger partial charge in [0.2, 0.25) is 0 Å². The summed E-state index contributed by atoms with van der Waals surface area (Å²) in [6, 6.07) is 8.15. The molecule has 2 rings (SSSR count). The lowest BCUT2D eigenvalue weighted by Crippen LogP contribution is -2.03. The molecular formula is C13H14N2O3. The monoisotopic (exact) mass is 246 g/mol. The van der Waals surface area contributed by atoms with Crippen LogP contribution in [-0.4, -0.2) is 26.0 Å². The predicted octanol–water partition coefficient (Wildman–Crippen LogP) is 2.23.